The number of nitrogens with one attached hydrogen (secondary N) is 1. The minimum Gasteiger partial charge on any atom is -0.362 e. The van der Waals surface area contributed by atoms with Gasteiger partial charge >= 0.3 is 0 Å². The molecule has 0 unspecified atom stereocenters. The van der Waals surface area contributed by atoms with Crippen LogP contribution in [0, 0.1) is 0 Å². The third-order valence-corrected chi connectivity index (χ3v) is 7.70. The van der Waals surface area contributed by atoms with Gasteiger partial charge in [0.1, 0.15) is 0 Å². The zero-order valence-corrected chi connectivity index (χ0v) is 17.7. The van der Waals surface area contributed by atoms with Crippen LogP contribution in [0.15, 0.2) is 75.4 Å². The molecule has 27 heavy (non-hydrogen) atoms. The highest BCUT2D eigenvalue weighted by atomic mass is 79.9. The molecule has 3 aromatic rings. The van der Waals surface area contributed by atoms with Crippen molar-refractivity contribution in [1.82, 2.24) is 4.72 Å². The average Bonchev–Trinajstić information content (AvgIpc) is 3.33. The Morgan fingerprint density at radius 1 is 1.07 bits per heavy atom. The molecule has 1 aliphatic rings. The summed E-state index contributed by atoms with van der Waals surface area (Å²) in [6.45, 7) is 1.22. The molecule has 1 aromatic heterocycles. The first-order chi connectivity index (χ1) is 13.0. The van der Waals surface area contributed by atoms with Crippen LogP contribution in [-0.2, 0) is 16.4 Å². The second-order valence-corrected chi connectivity index (χ2v) is 10.1. The topological polar surface area (TPSA) is 49.4 Å². The summed E-state index contributed by atoms with van der Waals surface area (Å²) in [7, 11) is -3.56. The zero-order valence-electron chi connectivity index (χ0n) is 14.5. The quantitative estimate of drug-likeness (QED) is 0.582. The van der Waals surface area contributed by atoms with Crippen LogP contribution >= 0.6 is 27.3 Å². The van der Waals surface area contributed by atoms with Gasteiger partial charge in [0.05, 0.1) is 10.9 Å². The molecule has 4 nitrogen and oxygen atoms in total. The van der Waals surface area contributed by atoms with Gasteiger partial charge in [-0.2, -0.15) is 0 Å². The van der Waals surface area contributed by atoms with Gasteiger partial charge in [0.2, 0.25) is 10.0 Å². The number of anilines is 1. The lowest BCUT2D eigenvalue weighted by Gasteiger charge is -2.30. The van der Waals surface area contributed by atoms with Crippen LogP contribution in [0.25, 0.3) is 0 Å². The Morgan fingerprint density at radius 3 is 2.59 bits per heavy atom. The van der Waals surface area contributed by atoms with E-state index in [0.717, 1.165) is 22.3 Å². The number of nitrogens with zero attached hydrogens (tertiary/aromatic N) is 1. The molecule has 0 fully saturated rings. The second kappa shape index (κ2) is 7.75. The molecule has 140 valence electrons. The zero-order chi connectivity index (χ0) is 18.9. The summed E-state index contributed by atoms with van der Waals surface area (Å²) < 4.78 is 29.1. The highest BCUT2D eigenvalue weighted by Gasteiger charge is 2.29. The predicted octanol–water partition coefficient (Wildman–Crippen LogP) is 4.59. The first-order valence-electron chi connectivity index (χ1n) is 8.68. The lowest BCUT2D eigenvalue weighted by Crippen LogP contribution is -2.37. The van der Waals surface area contributed by atoms with Gasteiger partial charge in [-0.15, -0.1) is 11.3 Å². The van der Waals surface area contributed by atoms with Crippen LogP contribution in [0.5, 0.6) is 0 Å². The maximum Gasteiger partial charge on any atom is 0.240 e. The van der Waals surface area contributed by atoms with Crippen LogP contribution in [-0.4, -0.2) is 21.5 Å². The van der Waals surface area contributed by atoms with Crippen molar-refractivity contribution in [2.75, 3.05) is 18.0 Å². The van der Waals surface area contributed by atoms with E-state index < -0.39 is 10.0 Å². The average molecular weight is 463 g/mol. The van der Waals surface area contributed by atoms with E-state index in [0.29, 0.717) is 6.54 Å². The highest BCUT2D eigenvalue weighted by molar-refractivity contribution is 9.10. The molecule has 0 saturated heterocycles. The van der Waals surface area contributed by atoms with Crippen molar-refractivity contribution in [1.29, 1.82) is 0 Å². The highest BCUT2D eigenvalue weighted by Crippen LogP contribution is 2.36. The molecule has 1 atom stereocenters. The predicted molar refractivity (Wildman–Crippen MR) is 114 cm³/mol. The van der Waals surface area contributed by atoms with Gasteiger partial charge in [-0.25, -0.2) is 13.1 Å². The first kappa shape index (κ1) is 18.7. The third-order valence-electron chi connectivity index (χ3n) is 4.76. The summed E-state index contributed by atoms with van der Waals surface area (Å²) in [5.41, 5.74) is 2.51. The van der Waals surface area contributed by atoms with E-state index in [-0.39, 0.29) is 10.9 Å². The second-order valence-electron chi connectivity index (χ2n) is 6.41. The van der Waals surface area contributed by atoms with E-state index in [2.05, 4.69) is 49.8 Å². The Balaban J connectivity index is 1.59. The summed E-state index contributed by atoms with van der Waals surface area (Å²) in [6, 6.07) is 19.1. The van der Waals surface area contributed by atoms with Crippen LogP contribution in [0.1, 0.15) is 16.5 Å². The van der Waals surface area contributed by atoms with Gasteiger partial charge in [0.15, 0.2) is 0 Å². The van der Waals surface area contributed by atoms with E-state index in [4.69, 9.17) is 0 Å². The van der Waals surface area contributed by atoms with Gasteiger partial charge < -0.3 is 4.90 Å². The van der Waals surface area contributed by atoms with Crippen molar-refractivity contribution in [2.45, 2.75) is 17.4 Å². The number of fused-ring (bicyclic) bond motifs is 1. The summed E-state index contributed by atoms with van der Waals surface area (Å²) in [5.74, 6) is 0. The number of thiophene rings is 1. The number of para-hydroxylation sites is 1. The summed E-state index contributed by atoms with van der Waals surface area (Å²) in [5, 5.41) is 2.04. The van der Waals surface area contributed by atoms with Crippen molar-refractivity contribution >= 4 is 43.0 Å². The number of rotatable bonds is 6. The summed E-state index contributed by atoms with van der Waals surface area (Å²) >= 11 is 5.00. The van der Waals surface area contributed by atoms with E-state index in [9.17, 15) is 8.42 Å². The van der Waals surface area contributed by atoms with Crippen LogP contribution < -0.4 is 9.62 Å². The molecule has 2 heterocycles. The van der Waals surface area contributed by atoms with Gasteiger partial charge in [0, 0.05) is 28.1 Å². The van der Waals surface area contributed by atoms with Gasteiger partial charge in [-0.1, -0.05) is 40.2 Å². The minimum absolute atomic E-state index is 0.0288. The number of hydrogen-bond donors (Lipinski definition) is 1. The molecule has 0 radical (unpaired) electrons. The largest absolute Gasteiger partial charge is 0.362 e. The van der Waals surface area contributed by atoms with Crippen molar-refractivity contribution in [3.8, 4) is 0 Å². The van der Waals surface area contributed by atoms with Gasteiger partial charge in [0.25, 0.3) is 0 Å². The van der Waals surface area contributed by atoms with Crippen molar-refractivity contribution in [3.63, 3.8) is 0 Å². The SMILES string of the molecule is O=S(=O)(NC[C@@H](c1cccs1)N1CCc2ccccc21)c1ccc(Br)cc1. The van der Waals surface area contributed by atoms with E-state index in [1.807, 2.05) is 17.5 Å². The molecule has 4 rings (SSSR count). The molecule has 0 bridgehead atoms. The molecular weight excluding hydrogens is 444 g/mol. The third kappa shape index (κ3) is 3.96. The van der Waals surface area contributed by atoms with E-state index in [1.165, 1.54) is 11.3 Å². The maximum absolute atomic E-state index is 12.7. The standard InChI is InChI=1S/C20H19BrN2O2S2/c21-16-7-9-17(10-8-16)27(24,25)22-14-19(20-6-3-13-26-20)23-12-11-15-4-1-2-5-18(15)23/h1-10,13,19,22H,11-12,14H2/t19-/m0/s1. The fourth-order valence-corrected chi connectivity index (χ4v) is 5.56. The Labute approximate surface area is 172 Å². The van der Waals surface area contributed by atoms with Crippen molar-refractivity contribution < 1.29 is 8.42 Å². The lowest BCUT2D eigenvalue weighted by molar-refractivity contribution is 0.565. The molecule has 0 spiro atoms. The van der Waals surface area contributed by atoms with Crippen molar-refractivity contribution in [2.24, 2.45) is 0 Å². The van der Waals surface area contributed by atoms with Crippen molar-refractivity contribution in [3.05, 3.63) is 81.0 Å². The summed E-state index contributed by atoms with van der Waals surface area (Å²) in [4.78, 5) is 3.74. The Hall–Kier alpha value is -1.67. The molecule has 1 aliphatic heterocycles. The van der Waals surface area contributed by atoms with Gasteiger partial charge in [-0.3, -0.25) is 0 Å². The number of benzene rings is 2. The fraction of sp³-hybridized carbons (Fsp3) is 0.200. The molecule has 2 aromatic carbocycles. The Kier molecular flexibility index (Phi) is 5.36. The van der Waals surface area contributed by atoms with E-state index in [1.54, 1.807) is 35.6 Å². The molecule has 7 heteroatoms. The van der Waals surface area contributed by atoms with Crippen LogP contribution in [0.2, 0.25) is 0 Å². The smallest absolute Gasteiger partial charge is 0.240 e. The van der Waals surface area contributed by atoms with Crippen LogP contribution in [0.3, 0.4) is 0 Å². The normalized spacial score (nSPS) is 14.9. The number of halogens is 1. The van der Waals surface area contributed by atoms with Gasteiger partial charge in [-0.05, 0) is 53.8 Å². The molecule has 1 N–H and O–H groups in total. The maximum atomic E-state index is 12.7. The molecular formula is C20H19BrN2O2S2. The number of sulfonamides is 1. The van der Waals surface area contributed by atoms with Crippen LogP contribution in [0.4, 0.5) is 5.69 Å². The summed E-state index contributed by atoms with van der Waals surface area (Å²) in [6.07, 6.45) is 0.984. The molecule has 0 saturated carbocycles. The number of hydrogen-bond acceptors (Lipinski definition) is 4. The Morgan fingerprint density at radius 2 is 1.85 bits per heavy atom. The molecule has 0 amide bonds. The van der Waals surface area contributed by atoms with E-state index >= 15 is 0 Å². The fourth-order valence-electron chi connectivity index (χ4n) is 3.42. The first-order valence-corrected chi connectivity index (χ1v) is 11.8. The lowest BCUT2D eigenvalue weighted by atomic mass is 10.1. The molecule has 0 aliphatic carbocycles. The minimum atomic E-state index is -3.56. The monoisotopic (exact) mass is 462 g/mol. The Bertz CT molecular complexity index is 1020.